The van der Waals surface area contributed by atoms with Crippen molar-refractivity contribution in [1.29, 1.82) is 0 Å². The molecule has 4 nitrogen and oxygen atoms in total. The number of benzene rings is 2. The monoisotopic (exact) mass is 324 g/mol. The second-order valence-electron chi connectivity index (χ2n) is 6.05. The number of carbonyl (C=O) groups is 2. The summed E-state index contributed by atoms with van der Waals surface area (Å²) in [4.78, 5) is 25.8. The molecule has 0 aliphatic rings. The van der Waals surface area contributed by atoms with Crippen LogP contribution in [0.25, 0.3) is 0 Å². The van der Waals surface area contributed by atoms with Gasteiger partial charge in [-0.05, 0) is 29.7 Å². The van der Waals surface area contributed by atoms with E-state index in [4.69, 9.17) is 0 Å². The highest BCUT2D eigenvalue weighted by molar-refractivity contribution is 5.95. The molecule has 0 radical (unpaired) electrons. The van der Waals surface area contributed by atoms with Gasteiger partial charge in [0.15, 0.2) is 0 Å². The highest BCUT2D eigenvalue weighted by Gasteiger charge is 2.14. The van der Waals surface area contributed by atoms with Gasteiger partial charge in [-0.2, -0.15) is 0 Å². The van der Waals surface area contributed by atoms with Crippen LogP contribution in [0, 0.1) is 0 Å². The van der Waals surface area contributed by atoms with Crippen LogP contribution < -0.4 is 10.2 Å². The quantitative estimate of drug-likeness (QED) is 0.866. The predicted octanol–water partition coefficient (Wildman–Crippen LogP) is 4.19. The number of anilines is 2. The summed E-state index contributed by atoms with van der Waals surface area (Å²) in [6.07, 6.45) is 0.251. The van der Waals surface area contributed by atoms with Gasteiger partial charge < -0.3 is 10.2 Å². The molecule has 0 saturated carbocycles. The van der Waals surface area contributed by atoms with E-state index in [1.54, 1.807) is 4.90 Å². The molecule has 0 unspecified atom stereocenters. The van der Waals surface area contributed by atoms with Crippen LogP contribution in [0.4, 0.5) is 11.4 Å². The second-order valence-corrected chi connectivity index (χ2v) is 6.05. The Morgan fingerprint density at radius 2 is 1.62 bits per heavy atom. The standard InChI is InChI=1S/C20H24N2O2/c1-15(2)18-11-7-8-12-19(18)21-20(24)13-14-22(16(3)23)17-9-5-4-6-10-17/h4-12,15H,13-14H2,1-3H3,(H,21,24). The molecule has 0 aliphatic carbocycles. The lowest BCUT2D eigenvalue weighted by Crippen LogP contribution is -2.32. The molecule has 0 spiro atoms. The lowest BCUT2D eigenvalue weighted by atomic mass is 10.0. The lowest BCUT2D eigenvalue weighted by molar-refractivity contribution is -0.117. The first-order valence-electron chi connectivity index (χ1n) is 8.21. The van der Waals surface area contributed by atoms with Gasteiger partial charge in [0.1, 0.15) is 0 Å². The van der Waals surface area contributed by atoms with E-state index in [0.717, 1.165) is 16.9 Å². The number of rotatable bonds is 6. The van der Waals surface area contributed by atoms with E-state index in [2.05, 4.69) is 19.2 Å². The van der Waals surface area contributed by atoms with Crippen molar-refractivity contribution in [3.8, 4) is 0 Å². The van der Waals surface area contributed by atoms with E-state index in [-0.39, 0.29) is 18.2 Å². The van der Waals surface area contributed by atoms with Crippen LogP contribution >= 0.6 is 0 Å². The first-order valence-corrected chi connectivity index (χ1v) is 8.21. The van der Waals surface area contributed by atoms with Crippen LogP contribution in [0.5, 0.6) is 0 Å². The zero-order chi connectivity index (χ0) is 17.5. The minimum Gasteiger partial charge on any atom is -0.326 e. The maximum atomic E-state index is 12.3. The van der Waals surface area contributed by atoms with E-state index >= 15 is 0 Å². The average molecular weight is 324 g/mol. The molecular weight excluding hydrogens is 300 g/mol. The summed E-state index contributed by atoms with van der Waals surface area (Å²) < 4.78 is 0. The van der Waals surface area contributed by atoms with Crippen LogP contribution in [0.1, 0.15) is 38.7 Å². The van der Waals surface area contributed by atoms with Crippen LogP contribution in [-0.4, -0.2) is 18.4 Å². The average Bonchev–Trinajstić information content (AvgIpc) is 2.56. The molecule has 4 heteroatoms. The topological polar surface area (TPSA) is 49.4 Å². The summed E-state index contributed by atoms with van der Waals surface area (Å²) in [5.74, 6) is 0.168. The number of amides is 2. The number of nitrogens with zero attached hydrogens (tertiary/aromatic N) is 1. The molecule has 24 heavy (non-hydrogen) atoms. The number of carbonyl (C=O) groups excluding carboxylic acids is 2. The van der Waals surface area contributed by atoms with Crippen molar-refractivity contribution in [2.75, 3.05) is 16.8 Å². The molecule has 0 fully saturated rings. The Balaban J connectivity index is 2.01. The normalized spacial score (nSPS) is 10.5. The van der Waals surface area contributed by atoms with Crippen molar-refractivity contribution in [3.05, 3.63) is 60.2 Å². The first kappa shape index (κ1) is 17.7. The second kappa shape index (κ2) is 8.29. The van der Waals surface area contributed by atoms with Gasteiger partial charge in [-0.25, -0.2) is 0 Å². The third-order valence-electron chi connectivity index (χ3n) is 3.87. The largest absolute Gasteiger partial charge is 0.326 e. The maximum absolute atomic E-state index is 12.3. The van der Waals surface area contributed by atoms with Crippen molar-refractivity contribution in [2.45, 2.75) is 33.1 Å². The minimum atomic E-state index is -0.0923. The Hall–Kier alpha value is -2.62. The Kier molecular flexibility index (Phi) is 6.13. The third kappa shape index (κ3) is 4.69. The fourth-order valence-electron chi connectivity index (χ4n) is 2.62. The molecule has 2 aromatic rings. The van der Waals surface area contributed by atoms with Gasteiger partial charge in [-0.15, -0.1) is 0 Å². The van der Waals surface area contributed by atoms with Gasteiger partial charge in [0, 0.05) is 31.3 Å². The lowest BCUT2D eigenvalue weighted by Gasteiger charge is -2.21. The van der Waals surface area contributed by atoms with Crippen LogP contribution in [0.15, 0.2) is 54.6 Å². The SMILES string of the molecule is CC(=O)N(CCC(=O)Nc1ccccc1C(C)C)c1ccccc1. The molecule has 2 amide bonds. The van der Waals surface area contributed by atoms with Gasteiger partial charge >= 0.3 is 0 Å². The Morgan fingerprint density at radius 1 is 1.00 bits per heavy atom. The summed E-state index contributed by atoms with van der Waals surface area (Å²) in [5.41, 5.74) is 2.75. The van der Waals surface area contributed by atoms with Gasteiger partial charge in [0.2, 0.25) is 11.8 Å². The van der Waals surface area contributed by atoms with E-state index in [9.17, 15) is 9.59 Å². The molecule has 1 N–H and O–H groups in total. The molecule has 2 rings (SSSR count). The Labute approximate surface area is 143 Å². The third-order valence-corrected chi connectivity index (χ3v) is 3.87. The molecule has 0 bridgehead atoms. The highest BCUT2D eigenvalue weighted by Crippen LogP contribution is 2.23. The Bertz CT molecular complexity index is 696. The van der Waals surface area contributed by atoms with Gasteiger partial charge in [-0.3, -0.25) is 9.59 Å². The molecule has 126 valence electrons. The van der Waals surface area contributed by atoms with E-state index in [1.165, 1.54) is 6.92 Å². The van der Waals surface area contributed by atoms with Crippen molar-refractivity contribution in [2.24, 2.45) is 0 Å². The summed E-state index contributed by atoms with van der Waals surface area (Å²) >= 11 is 0. The van der Waals surface area contributed by atoms with E-state index in [1.807, 2.05) is 54.6 Å². The van der Waals surface area contributed by atoms with E-state index < -0.39 is 0 Å². The summed E-state index contributed by atoms with van der Waals surface area (Å²) in [6, 6.07) is 17.2. The van der Waals surface area contributed by atoms with Gasteiger partial charge in [-0.1, -0.05) is 50.2 Å². The van der Waals surface area contributed by atoms with Crippen LogP contribution in [0.2, 0.25) is 0 Å². The molecule has 0 aromatic heterocycles. The first-order chi connectivity index (χ1) is 11.5. The number of para-hydroxylation sites is 2. The molecular formula is C20H24N2O2. The summed E-state index contributed by atoms with van der Waals surface area (Å²) in [6.45, 7) is 6.06. The zero-order valence-electron chi connectivity index (χ0n) is 14.5. The van der Waals surface area contributed by atoms with Crippen LogP contribution in [-0.2, 0) is 9.59 Å². The smallest absolute Gasteiger partial charge is 0.226 e. The number of nitrogens with one attached hydrogen (secondary N) is 1. The summed E-state index contributed by atoms with van der Waals surface area (Å²) in [5, 5.41) is 2.96. The van der Waals surface area contributed by atoms with Crippen LogP contribution in [0.3, 0.4) is 0 Å². The fourth-order valence-corrected chi connectivity index (χ4v) is 2.62. The zero-order valence-corrected chi connectivity index (χ0v) is 14.5. The van der Waals surface area contributed by atoms with Crippen molar-refractivity contribution in [1.82, 2.24) is 0 Å². The summed E-state index contributed by atoms with van der Waals surface area (Å²) in [7, 11) is 0. The number of hydrogen-bond acceptors (Lipinski definition) is 2. The predicted molar refractivity (Wildman–Crippen MR) is 98.2 cm³/mol. The molecule has 2 aromatic carbocycles. The Morgan fingerprint density at radius 3 is 2.25 bits per heavy atom. The molecule has 0 saturated heterocycles. The van der Waals surface area contributed by atoms with Crippen molar-refractivity contribution in [3.63, 3.8) is 0 Å². The molecule has 0 aliphatic heterocycles. The fraction of sp³-hybridized carbons (Fsp3) is 0.300. The number of hydrogen-bond donors (Lipinski definition) is 1. The molecule has 0 atom stereocenters. The molecule has 0 heterocycles. The van der Waals surface area contributed by atoms with Crippen molar-refractivity contribution >= 4 is 23.2 Å². The van der Waals surface area contributed by atoms with Gasteiger partial charge in [0.25, 0.3) is 0 Å². The minimum absolute atomic E-state index is 0.0726. The van der Waals surface area contributed by atoms with E-state index in [0.29, 0.717) is 12.5 Å². The van der Waals surface area contributed by atoms with Gasteiger partial charge in [0.05, 0.1) is 0 Å². The van der Waals surface area contributed by atoms with Crippen molar-refractivity contribution < 1.29 is 9.59 Å². The highest BCUT2D eigenvalue weighted by atomic mass is 16.2. The maximum Gasteiger partial charge on any atom is 0.226 e.